The second-order valence-corrected chi connectivity index (χ2v) is 2.84. The second-order valence-electron chi connectivity index (χ2n) is 2.84. The Balaban J connectivity index is 2.63. The maximum Gasteiger partial charge on any atom is 0.123 e. The fourth-order valence-electron chi connectivity index (χ4n) is 1.06. The quantitative estimate of drug-likeness (QED) is 0.712. The third kappa shape index (κ3) is 2.09. The van der Waals surface area contributed by atoms with Crippen molar-refractivity contribution in [3.05, 3.63) is 23.7 Å². The van der Waals surface area contributed by atoms with Gasteiger partial charge in [-0.05, 0) is 18.6 Å². The Kier molecular flexibility index (Phi) is 3.31. The molecule has 1 aromatic rings. The molecule has 1 rings (SSSR count). The average Bonchev–Trinajstić information content (AvgIpc) is 2.52. The van der Waals surface area contributed by atoms with Gasteiger partial charge in [0.2, 0.25) is 0 Å². The number of rotatable bonds is 4. The Bertz CT molecular complexity index is 232. The average molecular weight is 169 g/mol. The SMILES string of the molecule is CCCc1ccc([C@H](N)CO)o1. The van der Waals surface area contributed by atoms with Crippen molar-refractivity contribution in [1.82, 2.24) is 0 Å². The molecule has 12 heavy (non-hydrogen) atoms. The van der Waals surface area contributed by atoms with Crippen LogP contribution in [-0.4, -0.2) is 11.7 Å². The summed E-state index contributed by atoms with van der Waals surface area (Å²) in [6.45, 7) is 2.02. The van der Waals surface area contributed by atoms with E-state index in [1.807, 2.05) is 12.1 Å². The molecule has 0 aliphatic carbocycles. The molecule has 0 aliphatic rings. The largest absolute Gasteiger partial charge is 0.464 e. The summed E-state index contributed by atoms with van der Waals surface area (Å²) in [4.78, 5) is 0. The molecule has 0 radical (unpaired) electrons. The number of hydrogen-bond acceptors (Lipinski definition) is 3. The molecule has 1 atom stereocenters. The van der Waals surface area contributed by atoms with Crippen LogP contribution in [0.2, 0.25) is 0 Å². The molecule has 0 amide bonds. The topological polar surface area (TPSA) is 59.4 Å². The molecule has 3 nitrogen and oxygen atoms in total. The van der Waals surface area contributed by atoms with E-state index in [0.29, 0.717) is 5.76 Å². The Labute approximate surface area is 72.2 Å². The second kappa shape index (κ2) is 4.28. The maximum absolute atomic E-state index is 8.74. The number of hydrogen-bond donors (Lipinski definition) is 2. The molecule has 0 aromatic carbocycles. The van der Waals surface area contributed by atoms with Crippen LogP contribution in [0.25, 0.3) is 0 Å². The maximum atomic E-state index is 8.74. The molecule has 1 aromatic heterocycles. The number of aliphatic hydroxyl groups excluding tert-OH is 1. The molecule has 0 spiro atoms. The van der Waals surface area contributed by atoms with Gasteiger partial charge in [0.1, 0.15) is 11.5 Å². The van der Waals surface area contributed by atoms with Crippen LogP contribution in [0.3, 0.4) is 0 Å². The minimum absolute atomic E-state index is 0.0704. The highest BCUT2D eigenvalue weighted by Crippen LogP contribution is 2.15. The fourth-order valence-corrected chi connectivity index (χ4v) is 1.06. The predicted octanol–water partition coefficient (Wildman–Crippen LogP) is 1.22. The Hall–Kier alpha value is -0.800. The number of furan rings is 1. The highest BCUT2D eigenvalue weighted by atomic mass is 16.3. The van der Waals surface area contributed by atoms with Crippen molar-refractivity contribution in [1.29, 1.82) is 0 Å². The van der Waals surface area contributed by atoms with Gasteiger partial charge in [0.25, 0.3) is 0 Å². The first-order chi connectivity index (χ1) is 5.77. The van der Waals surface area contributed by atoms with Gasteiger partial charge in [0, 0.05) is 6.42 Å². The predicted molar refractivity (Wildman–Crippen MR) is 46.7 cm³/mol. The molecule has 0 fully saturated rings. The first-order valence-corrected chi connectivity index (χ1v) is 4.23. The minimum Gasteiger partial charge on any atom is -0.464 e. The first kappa shape index (κ1) is 9.29. The van der Waals surface area contributed by atoms with E-state index in [4.69, 9.17) is 15.3 Å². The van der Waals surface area contributed by atoms with Crippen LogP contribution in [0.4, 0.5) is 0 Å². The smallest absolute Gasteiger partial charge is 0.123 e. The zero-order valence-electron chi connectivity index (χ0n) is 7.29. The van der Waals surface area contributed by atoms with Gasteiger partial charge in [-0.25, -0.2) is 0 Å². The van der Waals surface area contributed by atoms with Crippen molar-refractivity contribution in [2.24, 2.45) is 5.73 Å². The molecular weight excluding hydrogens is 154 g/mol. The van der Waals surface area contributed by atoms with Crippen LogP contribution in [0.1, 0.15) is 30.9 Å². The van der Waals surface area contributed by atoms with Gasteiger partial charge in [-0.3, -0.25) is 0 Å². The lowest BCUT2D eigenvalue weighted by molar-refractivity contribution is 0.250. The van der Waals surface area contributed by atoms with Crippen molar-refractivity contribution in [2.75, 3.05) is 6.61 Å². The first-order valence-electron chi connectivity index (χ1n) is 4.23. The minimum atomic E-state index is -0.379. The molecule has 1 heterocycles. The van der Waals surface area contributed by atoms with Crippen molar-refractivity contribution in [3.63, 3.8) is 0 Å². The summed E-state index contributed by atoms with van der Waals surface area (Å²) in [5.41, 5.74) is 5.56. The van der Waals surface area contributed by atoms with Gasteiger partial charge >= 0.3 is 0 Å². The third-order valence-corrected chi connectivity index (χ3v) is 1.74. The molecule has 0 aliphatic heterocycles. The zero-order chi connectivity index (χ0) is 8.97. The third-order valence-electron chi connectivity index (χ3n) is 1.74. The van der Waals surface area contributed by atoms with E-state index in [0.717, 1.165) is 18.6 Å². The van der Waals surface area contributed by atoms with Crippen LogP contribution in [-0.2, 0) is 6.42 Å². The summed E-state index contributed by atoms with van der Waals surface area (Å²) in [7, 11) is 0. The fraction of sp³-hybridized carbons (Fsp3) is 0.556. The van der Waals surface area contributed by atoms with Gasteiger partial charge in [0.15, 0.2) is 0 Å². The molecule has 0 saturated carbocycles. The van der Waals surface area contributed by atoms with E-state index in [2.05, 4.69) is 6.92 Å². The van der Waals surface area contributed by atoms with E-state index in [1.165, 1.54) is 0 Å². The molecule has 0 saturated heterocycles. The summed E-state index contributed by atoms with van der Waals surface area (Å²) >= 11 is 0. The zero-order valence-corrected chi connectivity index (χ0v) is 7.29. The standard InChI is InChI=1S/C9H15NO2/c1-2-3-7-4-5-9(12-7)8(10)6-11/h4-5,8,11H,2-3,6,10H2,1H3/t8-/m1/s1. The molecule has 0 bridgehead atoms. The van der Waals surface area contributed by atoms with Gasteiger partial charge in [0.05, 0.1) is 12.6 Å². The normalized spacial score (nSPS) is 13.2. The summed E-state index contributed by atoms with van der Waals surface area (Å²) in [6.07, 6.45) is 1.99. The van der Waals surface area contributed by atoms with Gasteiger partial charge in [-0.2, -0.15) is 0 Å². The highest BCUT2D eigenvalue weighted by Gasteiger charge is 2.08. The highest BCUT2D eigenvalue weighted by molar-refractivity contribution is 5.10. The monoisotopic (exact) mass is 169 g/mol. The van der Waals surface area contributed by atoms with Gasteiger partial charge in [-0.15, -0.1) is 0 Å². The van der Waals surface area contributed by atoms with Crippen LogP contribution in [0.5, 0.6) is 0 Å². The van der Waals surface area contributed by atoms with Crippen LogP contribution < -0.4 is 5.73 Å². The van der Waals surface area contributed by atoms with Gasteiger partial charge < -0.3 is 15.3 Å². The number of aliphatic hydroxyl groups is 1. The van der Waals surface area contributed by atoms with Crippen molar-refractivity contribution < 1.29 is 9.52 Å². The van der Waals surface area contributed by atoms with E-state index >= 15 is 0 Å². The van der Waals surface area contributed by atoms with Crippen molar-refractivity contribution in [2.45, 2.75) is 25.8 Å². The van der Waals surface area contributed by atoms with Crippen LogP contribution >= 0.6 is 0 Å². The van der Waals surface area contributed by atoms with Gasteiger partial charge in [-0.1, -0.05) is 6.92 Å². The van der Waals surface area contributed by atoms with E-state index in [-0.39, 0.29) is 12.6 Å². The van der Waals surface area contributed by atoms with Crippen LogP contribution in [0, 0.1) is 0 Å². The molecule has 0 unspecified atom stereocenters. The molecule has 3 N–H and O–H groups in total. The Morgan fingerprint density at radius 2 is 2.33 bits per heavy atom. The number of nitrogens with two attached hydrogens (primary N) is 1. The lowest BCUT2D eigenvalue weighted by atomic mass is 10.2. The molecule has 68 valence electrons. The lowest BCUT2D eigenvalue weighted by Gasteiger charge is -2.02. The summed E-state index contributed by atoms with van der Waals surface area (Å²) in [5.74, 6) is 1.61. The van der Waals surface area contributed by atoms with Crippen molar-refractivity contribution >= 4 is 0 Å². The molecular formula is C9H15NO2. The number of aryl methyl sites for hydroxylation is 1. The van der Waals surface area contributed by atoms with Crippen LogP contribution in [0.15, 0.2) is 16.5 Å². The van der Waals surface area contributed by atoms with E-state index < -0.39 is 0 Å². The summed E-state index contributed by atoms with van der Waals surface area (Å²) in [6, 6.07) is 3.36. The summed E-state index contributed by atoms with van der Waals surface area (Å²) in [5, 5.41) is 8.74. The lowest BCUT2D eigenvalue weighted by Crippen LogP contribution is -2.13. The van der Waals surface area contributed by atoms with Crippen molar-refractivity contribution in [3.8, 4) is 0 Å². The van der Waals surface area contributed by atoms with E-state index in [9.17, 15) is 0 Å². The Morgan fingerprint density at radius 1 is 1.58 bits per heavy atom. The molecule has 3 heteroatoms. The summed E-state index contributed by atoms with van der Waals surface area (Å²) < 4.78 is 5.39. The Morgan fingerprint density at radius 3 is 2.92 bits per heavy atom. The van der Waals surface area contributed by atoms with E-state index in [1.54, 1.807) is 0 Å².